The highest BCUT2D eigenvalue weighted by atomic mass is 79.9. The van der Waals surface area contributed by atoms with Crippen molar-refractivity contribution in [2.75, 3.05) is 0 Å². The molecule has 0 aliphatic heterocycles. The first kappa shape index (κ1) is 29.0. The van der Waals surface area contributed by atoms with E-state index in [1.54, 1.807) is 0 Å². The molecule has 1 aromatic rings. The lowest BCUT2D eigenvalue weighted by Crippen LogP contribution is -2.79. The summed E-state index contributed by atoms with van der Waals surface area (Å²) in [4.78, 5) is 0. The quantitative estimate of drug-likeness (QED) is 0.212. The minimum absolute atomic E-state index is 0.594. The summed E-state index contributed by atoms with van der Waals surface area (Å²) in [6, 6.07) is 3.74. The van der Waals surface area contributed by atoms with Crippen molar-refractivity contribution in [3.8, 4) is 5.75 Å². The predicted octanol–water partition coefficient (Wildman–Crippen LogP) is 11.9. The number of rotatable bonds is 2. The zero-order chi connectivity index (χ0) is 21.4. The van der Waals surface area contributed by atoms with Crippen molar-refractivity contribution in [2.24, 2.45) is 0 Å². The second kappa shape index (κ2) is 9.32. The van der Waals surface area contributed by atoms with E-state index in [1.165, 1.54) is 0 Å². The monoisotopic (exact) mass is 1270 g/mol. The average molecular weight is 1280 g/mol. The van der Waals surface area contributed by atoms with Gasteiger partial charge in [0.15, 0.2) is 6.47 Å². The lowest BCUT2D eigenvalue weighted by atomic mass is 9.95. The van der Waals surface area contributed by atoms with Gasteiger partial charge in [0, 0.05) is 8.95 Å². The largest absolute Gasteiger partial charge is 0.470 e. The van der Waals surface area contributed by atoms with Crippen molar-refractivity contribution in [2.45, 2.75) is 20.7 Å². The third-order valence-corrected chi connectivity index (χ3v) is 30.7. The Morgan fingerprint density at radius 2 is 0.889 bits per heavy atom. The van der Waals surface area contributed by atoms with E-state index < -0.39 is 20.7 Å². The second-order valence-electron chi connectivity index (χ2n) is 5.24. The number of hydrogen-bond donors (Lipinski definition) is 0. The van der Waals surface area contributed by atoms with Crippen LogP contribution in [0.4, 0.5) is 0 Å². The number of alkyl halides is 11. The molecular formula is C12H2Br14O. The van der Waals surface area contributed by atoms with Crippen LogP contribution in [0.25, 0.3) is 0 Å². The molecule has 0 unspecified atom stereocenters. The van der Waals surface area contributed by atoms with Crippen molar-refractivity contribution in [1.29, 1.82) is 0 Å². The zero-order valence-electron chi connectivity index (χ0n) is 11.9. The molecule has 0 saturated heterocycles. The highest BCUT2D eigenvalue weighted by Crippen LogP contribution is 2.81. The Morgan fingerprint density at radius 3 is 1.30 bits per heavy atom. The minimum Gasteiger partial charge on any atom is -0.470 e. The number of ether oxygens (including phenoxy) is 1. The molecule has 27 heavy (non-hydrogen) atoms. The summed E-state index contributed by atoms with van der Waals surface area (Å²) in [5.74, 6) is 0.594. The van der Waals surface area contributed by atoms with Gasteiger partial charge in [0.2, 0.25) is 4.51 Å². The fraction of sp³-hybridized carbons (Fsp3) is 0.500. The van der Waals surface area contributed by atoms with Gasteiger partial charge in [0.25, 0.3) is 0 Å². The number of halogens is 14. The summed E-state index contributed by atoms with van der Waals surface area (Å²) in [7, 11) is 0. The highest BCUT2D eigenvalue weighted by Gasteiger charge is 2.86. The van der Waals surface area contributed by atoms with Gasteiger partial charge in [-0.1, -0.05) is 159 Å². The molecule has 0 radical (unpaired) electrons. The molecule has 0 spiro atoms. The van der Waals surface area contributed by atoms with Gasteiger partial charge in [-0.15, -0.1) is 0 Å². The van der Waals surface area contributed by atoms with E-state index in [1.807, 2.05) is 12.1 Å². The minimum atomic E-state index is -1.16. The van der Waals surface area contributed by atoms with Crippen LogP contribution in [0.2, 0.25) is 0 Å². The molecular weight excluding hydrogens is 1280 g/mol. The lowest BCUT2D eigenvalue weighted by Gasteiger charge is -2.65. The van der Waals surface area contributed by atoms with Crippen molar-refractivity contribution in [3.05, 3.63) is 25.6 Å². The fourth-order valence-electron chi connectivity index (χ4n) is 2.06. The summed E-state index contributed by atoms with van der Waals surface area (Å²) in [6.45, 7) is 0. The van der Waals surface area contributed by atoms with E-state index in [0.29, 0.717) is 5.75 Å². The lowest BCUT2D eigenvalue weighted by molar-refractivity contribution is 0.127. The Morgan fingerprint density at radius 1 is 0.519 bits per heavy atom. The smallest absolute Gasteiger partial charge is 0.217 e. The first-order chi connectivity index (χ1) is 11.8. The van der Waals surface area contributed by atoms with E-state index in [2.05, 4.69) is 223 Å². The number of benzene rings is 1. The molecule has 15 heteroatoms. The van der Waals surface area contributed by atoms with Gasteiger partial charge in [-0.2, -0.15) is 0 Å². The molecule has 1 aromatic carbocycles. The third kappa shape index (κ3) is 4.20. The highest BCUT2D eigenvalue weighted by molar-refractivity contribution is 9.36. The van der Waals surface area contributed by atoms with Crippen molar-refractivity contribution in [3.63, 3.8) is 0 Å². The van der Waals surface area contributed by atoms with Crippen LogP contribution in [0.5, 0.6) is 5.75 Å². The van der Waals surface area contributed by atoms with Crippen LogP contribution < -0.4 is 4.74 Å². The summed E-state index contributed by atoms with van der Waals surface area (Å²) >= 11 is 52.4. The Kier molecular flexibility index (Phi) is 10.00. The SMILES string of the molecule is Brc1ccc(OC2(Br)C(Br)(Br)C(Br)(Br)C(Br)(Br)C(Br)(Br)C2(Br)Br)c(Br)c1Br. The van der Waals surface area contributed by atoms with Crippen LogP contribution >= 0.6 is 223 Å². The normalized spacial score (nSPS) is 26.4. The molecule has 0 heterocycles. The van der Waals surface area contributed by atoms with Crippen LogP contribution in [0, 0.1) is 0 Å². The zero-order valence-corrected chi connectivity index (χ0v) is 34.1. The molecule has 1 aliphatic carbocycles. The van der Waals surface area contributed by atoms with Crippen molar-refractivity contribution >= 4 is 223 Å². The maximum absolute atomic E-state index is 6.57. The van der Waals surface area contributed by atoms with E-state index in [0.717, 1.165) is 13.4 Å². The molecule has 2 rings (SSSR count). The molecule has 1 aliphatic rings. The van der Waals surface area contributed by atoms with E-state index in [4.69, 9.17) is 4.74 Å². The fourth-order valence-corrected chi connectivity index (χ4v) is 15.7. The first-order valence-corrected chi connectivity index (χ1v) is 17.3. The molecule has 0 amide bonds. The molecule has 1 fully saturated rings. The van der Waals surface area contributed by atoms with Crippen LogP contribution in [-0.4, -0.2) is 20.7 Å². The first-order valence-electron chi connectivity index (χ1n) is 6.21. The second-order valence-corrected chi connectivity index (χ2v) is 26.0. The molecule has 0 bridgehead atoms. The van der Waals surface area contributed by atoms with Gasteiger partial charge in [-0.25, -0.2) is 0 Å². The molecule has 154 valence electrons. The van der Waals surface area contributed by atoms with Gasteiger partial charge in [0.1, 0.15) is 15.5 Å². The molecule has 0 aromatic heterocycles. The summed E-state index contributed by atoms with van der Waals surface area (Å²) in [5.41, 5.74) is 0. The van der Waals surface area contributed by atoms with Gasteiger partial charge in [-0.3, -0.25) is 0 Å². The number of hydrogen-bond acceptors (Lipinski definition) is 1. The van der Waals surface area contributed by atoms with Gasteiger partial charge >= 0.3 is 0 Å². The maximum Gasteiger partial charge on any atom is 0.217 e. The standard InChI is InChI=1S/C12H2Br14O/c13-3-1-2-4(6(15)5(3)14)27-12(26)10(22,23)8(18,19)7(16,17)9(20,21)11(12,24)25/h1-2H. The Balaban J connectivity index is 2.78. The van der Waals surface area contributed by atoms with Crippen LogP contribution in [-0.2, 0) is 0 Å². The van der Waals surface area contributed by atoms with Crippen LogP contribution in [0.3, 0.4) is 0 Å². The Hall–Kier alpha value is 5.74. The molecule has 1 nitrogen and oxygen atoms in total. The maximum atomic E-state index is 6.57. The molecule has 0 N–H and O–H groups in total. The van der Waals surface area contributed by atoms with Crippen molar-refractivity contribution < 1.29 is 4.74 Å². The van der Waals surface area contributed by atoms with Gasteiger partial charge < -0.3 is 4.74 Å². The molecule has 0 atom stereocenters. The summed E-state index contributed by atoms with van der Waals surface area (Å²) in [5, 5.41) is 0. The van der Waals surface area contributed by atoms with E-state index >= 15 is 0 Å². The summed E-state index contributed by atoms with van der Waals surface area (Å²) < 4.78 is 3.46. The van der Waals surface area contributed by atoms with E-state index in [9.17, 15) is 0 Å². The Bertz CT molecular complexity index is 740. The van der Waals surface area contributed by atoms with Crippen LogP contribution in [0.1, 0.15) is 0 Å². The third-order valence-electron chi connectivity index (χ3n) is 3.64. The average Bonchev–Trinajstić information content (AvgIpc) is 2.53. The van der Waals surface area contributed by atoms with Gasteiger partial charge in [0.05, 0.1) is 4.47 Å². The topological polar surface area (TPSA) is 9.23 Å². The van der Waals surface area contributed by atoms with E-state index in [-0.39, 0.29) is 0 Å². The molecule has 1 saturated carbocycles. The van der Waals surface area contributed by atoms with Crippen LogP contribution in [0.15, 0.2) is 25.6 Å². The summed E-state index contributed by atoms with van der Waals surface area (Å²) in [6.07, 6.45) is 0. The predicted molar refractivity (Wildman–Crippen MR) is 165 cm³/mol. The Labute approximate surface area is 274 Å². The van der Waals surface area contributed by atoms with Gasteiger partial charge in [-0.05, 0) is 75.9 Å². The van der Waals surface area contributed by atoms with Crippen molar-refractivity contribution in [1.82, 2.24) is 0 Å².